The first-order valence-corrected chi connectivity index (χ1v) is 14.8. The molecule has 0 amide bonds. The standard InChI is InChI=1S/C41H27N3/c1-2-13-33-30(11-1)25-37(36-16-6-5-15-35(33)36)29-21-19-28(20-22-29)32-12-3-4-14-34(32)31-26-40(38-17-7-9-23-42-38)44-41(27-31)39-18-8-10-24-43-39/h1-27H. The van der Waals surface area contributed by atoms with Crippen LogP contribution in [0.15, 0.2) is 164 Å². The van der Waals surface area contributed by atoms with E-state index in [1.54, 1.807) is 12.4 Å². The van der Waals surface area contributed by atoms with E-state index in [2.05, 4.69) is 125 Å². The van der Waals surface area contributed by atoms with Crippen LogP contribution in [0.3, 0.4) is 0 Å². The molecule has 8 rings (SSSR count). The molecule has 5 aromatic carbocycles. The van der Waals surface area contributed by atoms with Crippen LogP contribution >= 0.6 is 0 Å². The van der Waals surface area contributed by atoms with Gasteiger partial charge in [-0.1, -0.05) is 109 Å². The van der Waals surface area contributed by atoms with Crippen molar-refractivity contribution in [2.24, 2.45) is 0 Å². The number of aromatic nitrogens is 3. The van der Waals surface area contributed by atoms with Crippen molar-refractivity contribution in [1.82, 2.24) is 15.0 Å². The van der Waals surface area contributed by atoms with Crippen molar-refractivity contribution in [3.8, 4) is 56.2 Å². The van der Waals surface area contributed by atoms with Gasteiger partial charge in [-0.2, -0.15) is 0 Å². The van der Waals surface area contributed by atoms with Gasteiger partial charge in [0, 0.05) is 12.4 Å². The van der Waals surface area contributed by atoms with Crippen LogP contribution in [0.4, 0.5) is 0 Å². The summed E-state index contributed by atoms with van der Waals surface area (Å²) < 4.78 is 0. The molecule has 0 aliphatic carbocycles. The van der Waals surface area contributed by atoms with Crippen molar-refractivity contribution >= 4 is 21.5 Å². The second-order valence-electron chi connectivity index (χ2n) is 10.9. The Kier molecular flexibility index (Phi) is 6.47. The van der Waals surface area contributed by atoms with Crippen LogP contribution < -0.4 is 0 Å². The molecule has 206 valence electrons. The lowest BCUT2D eigenvalue weighted by Gasteiger charge is -2.14. The predicted molar refractivity (Wildman–Crippen MR) is 182 cm³/mol. The van der Waals surface area contributed by atoms with Crippen molar-refractivity contribution in [2.45, 2.75) is 0 Å². The Morgan fingerprint density at radius 2 is 0.818 bits per heavy atom. The highest BCUT2D eigenvalue weighted by atomic mass is 14.8. The summed E-state index contributed by atoms with van der Waals surface area (Å²) in [6.07, 6.45) is 3.61. The zero-order valence-corrected chi connectivity index (χ0v) is 23.9. The molecule has 3 nitrogen and oxygen atoms in total. The molecular weight excluding hydrogens is 534 g/mol. The molecule has 3 aromatic heterocycles. The first-order valence-electron chi connectivity index (χ1n) is 14.8. The molecular formula is C41H27N3. The van der Waals surface area contributed by atoms with Gasteiger partial charge < -0.3 is 0 Å². The van der Waals surface area contributed by atoms with Crippen molar-refractivity contribution < 1.29 is 0 Å². The van der Waals surface area contributed by atoms with Crippen molar-refractivity contribution in [1.29, 1.82) is 0 Å². The van der Waals surface area contributed by atoms with Crippen LogP contribution in [0, 0.1) is 0 Å². The lowest BCUT2D eigenvalue weighted by molar-refractivity contribution is 1.22. The minimum atomic E-state index is 0.817. The van der Waals surface area contributed by atoms with Crippen molar-refractivity contribution in [3.05, 3.63) is 164 Å². The van der Waals surface area contributed by atoms with Crippen LogP contribution in [0.25, 0.3) is 77.7 Å². The number of fused-ring (bicyclic) bond motifs is 3. The highest BCUT2D eigenvalue weighted by Crippen LogP contribution is 2.38. The number of rotatable bonds is 5. The van der Waals surface area contributed by atoms with Gasteiger partial charge in [-0.25, -0.2) is 4.98 Å². The van der Waals surface area contributed by atoms with E-state index in [9.17, 15) is 0 Å². The number of nitrogens with zero attached hydrogens (tertiary/aromatic N) is 3. The summed E-state index contributed by atoms with van der Waals surface area (Å²) >= 11 is 0. The third kappa shape index (κ3) is 4.71. The Hall–Kier alpha value is -5.93. The van der Waals surface area contributed by atoms with E-state index in [1.165, 1.54) is 32.7 Å². The topological polar surface area (TPSA) is 38.7 Å². The molecule has 0 atom stereocenters. The number of hydrogen-bond acceptors (Lipinski definition) is 3. The second kappa shape index (κ2) is 11.0. The molecule has 8 aromatic rings. The van der Waals surface area contributed by atoms with Crippen molar-refractivity contribution in [3.63, 3.8) is 0 Å². The summed E-state index contributed by atoms with van der Waals surface area (Å²) in [6.45, 7) is 0. The predicted octanol–water partition coefficient (Wildman–Crippen LogP) is 10.5. The van der Waals surface area contributed by atoms with Gasteiger partial charge in [-0.15, -0.1) is 0 Å². The third-order valence-corrected chi connectivity index (χ3v) is 8.19. The van der Waals surface area contributed by atoms with E-state index in [-0.39, 0.29) is 0 Å². The van der Waals surface area contributed by atoms with Gasteiger partial charge in [0.05, 0.1) is 22.8 Å². The molecule has 44 heavy (non-hydrogen) atoms. The Morgan fingerprint density at radius 3 is 1.43 bits per heavy atom. The monoisotopic (exact) mass is 561 g/mol. The molecule has 0 N–H and O–H groups in total. The zero-order chi connectivity index (χ0) is 29.3. The Bertz CT molecular complexity index is 2200. The van der Waals surface area contributed by atoms with Gasteiger partial charge in [0.15, 0.2) is 0 Å². The molecule has 3 heteroatoms. The molecule has 0 saturated heterocycles. The van der Waals surface area contributed by atoms with Crippen LogP contribution in [0.1, 0.15) is 0 Å². The number of pyridine rings is 3. The van der Waals surface area contributed by atoms with E-state index in [0.717, 1.165) is 45.0 Å². The highest BCUT2D eigenvalue weighted by Gasteiger charge is 2.14. The minimum Gasteiger partial charge on any atom is -0.255 e. The highest BCUT2D eigenvalue weighted by molar-refractivity contribution is 6.13. The van der Waals surface area contributed by atoms with Gasteiger partial charge in [-0.05, 0) is 97.4 Å². The molecule has 0 saturated carbocycles. The maximum absolute atomic E-state index is 4.97. The Balaban J connectivity index is 1.25. The molecule has 0 aliphatic rings. The van der Waals surface area contributed by atoms with Crippen LogP contribution in [-0.4, -0.2) is 15.0 Å². The molecule has 0 spiro atoms. The van der Waals surface area contributed by atoms with E-state index >= 15 is 0 Å². The molecule has 3 heterocycles. The number of benzene rings is 5. The van der Waals surface area contributed by atoms with Gasteiger partial charge >= 0.3 is 0 Å². The van der Waals surface area contributed by atoms with Gasteiger partial charge in [0.25, 0.3) is 0 Å². The SMILES string of the molecule is c1ccc(-c2cc(-c3ccccc3-c3ccc(-c4cc5ccccc5c5ccccc45)cc3)cc(-c3ccccn3)n2)nc1. The Morgan fingerprint density at radius 1 is 0.318 bits per heavy atom. The second-order valence-corrected chi connectivity index (χ2v) is 10.9. The number of hydrogen-bond donors (Lipinski definition) is 0. The van der Waals surface area contributed by atoms with Crippen molar-refractivity contribution in [2.75, 3.05) is 0 Å². The quantitative estimate of drug-likeness (QED) is 0.196. The average molecular weight is 562 g/mol. The Labute approximate surface area is 256 Å². The average Bonchev–Trinajstić information content (AvgIpc) is 3.12. The zero-order valence-electron chi connectivity index (χ0n) is 23.9. The molecule has 0 bridgehead atoms. The largest absolute Gasteiger partial charge is 0.255 e. The summed E-state index contributed by atoms with van der Waals surface area (Å²) in [7, 11) is 0. The first kappa shape index (κ1) is 25.8. The van der Waals surface area contributed by atoms with Gasteiger partial charge in [-0.3, -0.25) is 9.97 Å². The lowest BCUT2D eigenvalue weighted by Crippen LogP contribution is -1.94. The third-order valence-electron chi connectivity index (χ3n) is 8.19. The normalized spacial score (nSPS) is 11.2. The molecule has 0 fully saturated rings. The molecule has 0 radical (unpaired) electrons. The summed E-state index contributed by atoms with van der Waals surface area (Å²) in [4.78, 5) is 14.2. The van der Waals surface area contributed by atoms with E-state index in [1.807, 2.05) is 36.4 Å². The minimum absolute atomic E-state index is 0.817. The molecule has 0 unspecified atom stereocenters. The smallest absolute Gasteiger partial charge is 0.0900 e. The fraction of sp³-hybridized carbons (Fsp3) is 0. The van der Waals surface area contributed by atoms with Gasteiger partial charge in [0.1, 0.15) is 0 Å². The van der Waals surface area contributed by atoms with E-state index < -0.39 is 0 Å². The fourth-order valence-electron chi connectivity index (χ4n) is 6.09. The van der Waals surface area contributed by atoms with E-state index in [4.69, 9.17) is 4.98 Å². The van der Waals surface area contributed by atoms with Crippen LogP contribution in [0.5, 0.6) is 0 Å². The molecule has 0 aliphatic heterocycles. The summed E-state index contributed by atoms with van der Waals surface area (Å²) in [5.74, 6) is 0. The van der Waals surface area contributed by atoms with E-state index in [0.29, 0.717) is 0 Å². The summed E-state index contributed by atoms with van der Waals surface area (Å²) in [5.41, 5.74) is 10.3. The summed E-state index contributed by atoms with van der Waals surface area (Å²) in [5, 5.41) is 5.07. The fourth-order valence-corrected chi connectivity index (χ4v) is 6.09. The van der Waals surface area contributed by atoms with Gasteiger partial charge in [0.2, 0.25) is 0 Å². The van der Waals surface area contributed by atoms with Crippen LogP contribution in [0.2, 0.25) is 0 Å². The summed E-state index contributed by atoms with van der Waals surface area (Å²) in [6, 6.07) is 53.2. The maximum atomic E-state index is 4.97. The first-order chi connectivity index (χ1) is 21.8. The van der Waals surface area contributed by atoms with Crippen LogP contribution in [-0.2, 0) is 0 Å². The lowest BCUT2D eigenvalue weighted by atomic mass is 9.90. The maximum Gasteiger partial charge on any atom is 0.0900 e.